The molecule has 2 aliphatic rings. The molecule has 2 aromatic carbocycles. The molecule has 0 atom stereocenters. The fourth-order valence-electron chi connectivity index (χ4n) is 4.15. The molecule has 1 aromatic heterocycles. The molecule has 0 saturated carbocycles. The molecule has 1 fully saturated rings. The monoisotopic (exact) mass is 466 g/mol. The van der Waals surface area contributed by atoms with Crippen LogP contribution in [0.2, 0.25) is 0 Å². The molecule has 0 aliphatic carbocycles. The highest BCUT2D eigenvalue weighted by Gasteiger charge is 2.21. The van der Waals surface area contributed by atoms with Gasteiger partial charge in [0.2, 0.25) is 5.91 Å². The average molecular weight is 467 g/mol. The summed E-state index contributed by atoms with van der Waals surface area (Å²) in [6.45, 7) is 5.46. The molecule has 0 bridgehead atoms. The first-order valence-electron chi connectivity index (χ1n) is 11.0. The number of ether oxygens (including phenoxy) is 2. The first-order valence-corrected chi connectivity index (χ1v) is 11.9. The smallest absolute Gasteiger partial charge is 0.325 e. The van der Waals surface area contributed by atoms with Crippen molar-refractivity contribution in [1.29, 1.82) is 0 Å². The molecular formula is C24H26N4O4S. The van der Waals surface area contributed by atoms with E-state index in [1.54, 1.807) is 29.5 Å². The summed E-state index contributed by atoms with van der Waals surface area (Å²) in [5.41, 5.74) is 1.90. The first kappa shape index (κ1) is 21.7. The van der Waals surface area contributed by atoms with Gasteiger partial charge < -0.3 is 14.8 Å². The fraction of sp³-hybridized carbons (Fsp3) is 0.333. The Labute approximate surface area is 196 Å². The number of rotatable bonds is 5. The molecule has 8 nitrogen and oxygen atoms in total. The van der Waals surface area contributed by atoms with Gasteiger partial charge in [0.1, 0.15) is 13.2 Å². The van der Waals surface area contributed by atoms with Crippen LogP contribution in [0.4, 0.5) is 10.5 Å². The number of urea groups is 1. The second-order valence-corrected chi connectivity index (χ2v) is 9.08. The Kier molecular flexibility index (Phi) is 6.43. The summed E-state index contributed by atoms with van der Waals surface area (Å²) in [7, 11) is 0. The van der Waals surface area contributed by atoms with Crippen molar-refractivity contribution in [3.8, 4) is 11.5 Å². The maximum Gasteiger partial charge on any atom is 0.325 e. The number of anilines is 1. The van der Waals surface area contributed by atoms with Crippen molar-refractivity contribution >= 4 is 39.0 Å². The fourth-order valence-corrected chi connectivity index (χ4v) is 5.11. The molecule has 3 aromatic rings. The summed E-state index contributed by atoms with van der Waals surface area (Å²) in [4.78, 5) is 29.1. The maximum atomic E-state index is 12.4. The molecule has 33 heavy (non-hydrogen) atoms. The number of piperazine rings is 1. The molecule has 3 amide bonds. The van der Waals surface area contributed by atoms with Crippen molar-refractivity contribution in [2.75, 3.05) is 51.3 Å². The van der Waals surface area contributed by atoms with Gasteiger partial charge >= 0.3 is 6.03 Å². The highest BCUT2D eigenvalue weighted by atomic mass is 32.1. The molecule has 3 heterocycles. The van der Waals surface area contributed by atoms with Crippen molar-refractivity contribution in [3.05, 3.63) is 53.4 Å². The number of amides is 3. The van der Waals surface area contributed by atoms with Gasteiger partial charge in [-0.1, -0.05) is 18.2 Å². The number of imide groups is 1. The van der Waals surface area contributed by atoms with Gasteiger partial charge in [-0.2, -0.15) is 0 Å². The van der Waals surface area contributed by atoms with Crippen LogP contribution < -0.4 is 20.1 Å². The largest absolute Gasteiger partial charge is 0.486 e. The minimum absolute atomic E-state index is 0.198. The zero-order valence-electron chi connectivity index (χ0n) is 18.2. The Balaban J connectivity index is 1.06. The van der Waals surface area contributed by atoms with E-state index < -0.39 is 6.03 Å². The summed E-state index contributed by atoms with van der Waals surface area (Å²) in [6.07, 6.45) is 0. The number of hydrogen-bond acceptors (Lipinski definition) is 7. The third-order valence-electron chi connectivity index (χ3n) is 5.84. The third-order valence-corrected chi connectivity index (χ3v) is 6.85. The number of fused-ring (bicyclic) bond motifs is 2. The van der Waals surface area contributed by atoms with Gasteiger partial charge in [-0.05, 0) is 34.5 Å². The Morgan fingerprint density at radius 3 is 2.55 bits per heavy atom. The van der Waals surface area contributed by atoms with Crippen LogP contribution in [-0.4, -0.2) is 67.7 Å². The van der Waals surface area contributed by atoms with E-state index >= 15 is 0 Å². The summed E-state index contributed by atoms with van der Waals surface area (Å²) < 4.78 is 12.3. The van der Waals surface area contributed by atoms with E-state index in [-0.39, 0.29) is 12.5 Å². The quantitative estimate of drug-likeness (QED) is 0.601. The predicted molar refractivity (Wildman–Crippen MR) is 128 cm³/mol. The van der Waals surface area contributed by atoms with E-state index in [0.29, 0.717) is 30.4 Å². The molecule has 9 heteroatoms. The van der Waals surface area contributed by atoms with E-state index in [2.05, 4.69) is 50.1 Å². The van der Waals surface area contributed by atoms with Gasteiger partial charge in [0.25, 0.3) is 0 Å². The lowest BCUT2D eigenvalue weighted by atomic mass is 10.1. The van der Waals surface area contributed by atoms with E-state index in [9.17, 15) is 9.59 Å². The molecule has 0 unspecified atom stereocenters. The Morgan fingerprint density at radius 2 is 1.70 bits per heavy atom. The first-order chi connectivity index (χ1) is 16.1. The second-order valence-electron chi connectivity index (χ2n) is 8.17. The van der Waals surface area contributed by atoms with E-state index in [1.807, 2.05) is 0 Å². The van der Waals surface area contributed by atoms with Crippen LogP contribution in [0.1, 0.15) is 5.56 Å². The van der Waals surface area contributed by atoms with Gasteiger partial charge in [-0.15, -0.1) is 11.3 Å². The molecule has 0 spiro atoms. The third kappa shape index (κ3) is 5.27. The van der Waals surface area contributed by atoms with Crippen LogP contribution in [-0.2, 0) is 11.3 Å². The Bertz CT molecular complexity index is 1160. The lowest BCUT2D eigenvalue weighted by Gasteiger charge is -2.34. The number of benzene rings is 2. The highest BCUT2D eigenvalue weighted by molar-refractivity contribution is 7.17. The highest BCUT2D eigenvalue weighted by Crippen LogP contribution is 2.32. The van der Waals surface area contributed by atoms with Crippen molar-refractivity contribution in [1.82, 2.24) is 15.1 Å². The normalized spacial score (nSPS) is 16.5. The lowest BCUT2D eigenvalue weighted by molar-refractivity contribution is -0.121. The molecule has 0 radical (unpaired) electrons. The summed E-state index contributed by atoms with van der Waals surface area (Å²) in [5.74, 6) is 0.913. The van der Waals surface area contributed by atoms with Crippen LogP contribution in [0.25, 0.3) is 10.1 Å². The SMILES string of the molecule is O=C(CN1CCN(Cc2csc3ccccc23)CC1)NC(=O)Nc1ccc2c(c1)OCCO2. The molecule has 2 N–H and O–H groups in total. The van der Waals surface area contributed by atoms with Gasteiger partial charge in [-0.3, -0.25) is 19.9 Å². The zero-order valence-corrected chi connectivity index (χ0v) is 19.0. The molecule has 1 saturated heterocycles. The van der Waals surface area contributed by atoms with Gasteiger partial charge in [0, 0.05) is 49.2 Å². The van der Waals surface area contributed by atoms with Gasteiger partial charge in [0.05, 0.1) is 6.54 Å². The number of nitrogens with zero attached hydrogens (tertiary/aromatic N) is 2. The Morgan fingerprint density at radius 1 is 0.939 bits per heavy atom. The number of nitrogens with one attached hydrogen (secondary N) is 2. The van der Waals surface area contributed by atoms with Crippen molar-refractivity contribution in [2.45, 2.75) is 6.54 Å². The number of carbonyl (C=O) groups is 2. The number of hydrogen-bond donors (Lipinski definition) is 2. The standard InChI is InChI=1S/C24H26N4O4S/c29-23(26-24(30)25-18-5-6-20-21(13-18)32-12-11-31-20)15-28-9-7-27(8-10-28)14-17-16-33-22-4-2-1-3-19(17)22/h1-6,13,16H,7-12,14-15H2,(H2,25,26,29,30). The summed E-state index contributed by atoms with van der Waals surface area (Å²) in [6, 6.07) is 13.1. The zero-order chi connectivity index (χ0) is 22.6. The number of thiophene rings is 1. The average Bonchev–Trinajstić information content (AvgIpc) is 3.23. The molecule has 5 rings (SSSR count). The van der Waals surface area contributed by atoms with Gasteiger partial charge in [-0.25, -0.2) is 4.79 Å². The van der Waals surface area contributed by atoms with Crippen LogP contribution in [0.15, 0.2) is 47.8 Å². The Hall–Kier alpha value is -3.14. The van der Waals surface area contributed by atoms with Crippen LogP contribution in [0.5, 0.6) is 11.5 Å². The lowest BCUT2D eigenvalue weighted by Crippen LogP contribution is -2.50. The van der Waals surface area contributed by atoms with Crippen molar-refractivity contribution < 1.29 is 19.1 Å². The van der Waals surface area contributed by atoms with Crippen LogP contribution >= 0.6 is 11.3 Å². The summed E-state index contributed by atoms with van der Waals surface area (Å²) in [5, 5.41) is 8.65. The molecule has 2 aliphatic heterocycles. The summed E-state index contributed by atoms with van der Waals surface area (Å²) >= 11 is 1.78. The van der Waals surface area contributed by atoms with E-state index in [1.165, 1.54) is 15.6 Å². The van der Waals surface area contributed by atoms with Crippen molar-refractivity contribution in [3.63, 3.8) is 0 Å². The molecule has 172 valence electrons. The molecular weight excluding hydrogens is 440 g/mol. The minimum atomic E-state index is -0.556. The van der Waals surface area contributed by atoms with E-state index in [4.69, 9.17) is 9.47 Å². The van der Waals surface area contributed by atoms with Crippen LogP contribution in [0, 0.1) is 0 Å². The number of carbonyl (C=O) groups excluding carboxylic acids is 2. The predicted octanol–water partition coefficient (Wildman–Crippen LogP) is 3.14. The maximum absolute atomic E-state index is 12.4. The minimum Gasteiger partial charge on any atom is -0.486 e. The van der Waals surface area contributed by atoms with Crippen LogP contribution in [0.3, 0.4) is 0 Å². The van der Waals surface area contributed by atoms with E-state index in [0.717, 1.165) is 32.7 Å². The van der Waals surface area contributed by atoms with Gasteiger partial charge in [0.15, 0.2) is 11.5 Å². The second kappa shape index (κ2) is 9.78. The van der Waals surface area contributed by atoms with Crippen molar-refractivity contribution in [2.24, 2.45) is 0 Å². The topological polar surface area (TPSA) is 83.1 Å².